The maximum Gasteiger partial charge on any atom is 0.291 e. The minimum Gasteiger partial charge on any atom is -0.473 e. The molecule has 0 radical (unpaired) electrons. The third-order valence-electron chi connectivity index (χ3n) is 5.04. The second-order valence-electron chi connectivity index (χ2n) is 6.59. The van der Waals surface area contributed by atoms with Gasteiger partial charge in [0.1, 0.15) is 5.60 Å². The number of thioether (sulfide) groups is 1. The second kappa shape index (κ2) is 7.39. The Hall–Kier alpha value is -0.490. The molecule has 3 rings (SSSR count). The van der Waals surface area contributed by atoms with Gasteiger partial charge in [-0.3, -0.25) is 0 Å². The first-order valence-corrected chi connectivity index (χ1v) is 10.4. The van der Waals surface area contributed by atoms with Crippen molar-refractivity contribution in [2.75, 3.05) is 12.9 Å². The summed E-state index contributed by atoms with van der Waals surface area (Å²) < 4.78 is 20.7. The monoisotopic (exact) mass is 342 g/mol. The van der Waals surface area contributed by atoms with Crippen molar-refractivity contribution in [3.05, 3.63) is 0 Å². The highest BCUT2D eigenvalue weighted by molar-refractivity contribution is 7.99. The molecule has 22 heavy (non-hydrogen) atoms. The van der Waals surface area contributed by atoms with Crippen LogP contribution in [0.2, 0.25) is 0 Å². The molecule has 124 valence electrons. The van der Waals surface area contributed by atoms with Crippen LogP contribution in [0.3, 0.4) is 0 Å². The maximum absolute atomic E-state index is 6.26. The van der Waals surface area contributed by atoms with Crippen molar-refractivity contribution in [3.63, 3.8) is 0 Å². The predicted molar refractivity (Wildman–Crippen MR) is 92.2 cm³/mol. The smallest absolute Gasteiger partial charge is 0.291 e. The summed E-state index contributed by atoms with van der Waals surface area (Å²) in [6.45, 7) is 2.93. The zero-order chi connectivity index (χ0) is 15.4. The van der Waals surface area contributed by atoms with Gasteiger partial charge in [0.2, 0.25) is 0 Å². The van der Waals surface area contributed by atoms with Gasteiger partial charge in [-0.25, -0.2) is 0 Å². The highest BCUT2D eigenvalue weighted by Gasteiger charge is 2.47. The largest absolute Gasteiger partial charge is 0.473 e. The summed E-state index contributed by atoms with van der Waals surface area (Å²) in [5.74, 6) is 2.10. The Kier molecular flexibility index (Phi) is 5.50. The fraction of sp³-hybridized carbons (Fsp3) is 0.875. The highest BCUT2D eigenvalue weighted by atomic mass is 32.2. The van der Waals surface area contributed by atoms with Gasteiger partial charge in [0.05, 0.1) is 18.3 Å². The molecule has 0 spiro atoms. The van der Waals surface area contributed by atoms with Gasteiger partial charge in [-0.15, -0.1) is 8.75 Å². The van der Waals surface area contributed by atoms with Gasteiger partial charge in [-0.05, 0) is 57.1 Å². The first kappa shape index (κ1) is 16.4. The summed E-state index contributed by atoms with van der Waals surface area (Å²) in [5, 5.41) is 0.671. The summed E-state index contributed by atoms with van der Waals surface area (Å²) in [6, 6.07) is 0. The highest BCUT2D eigenvalue weighted by Crippen LogP contribution is 2.50. The predicted octanol–water partition coefficient (Wildman–Crippen LogP) is 4.55. The summed E-state index contributed by atoms with van der Waals surface area (Å²) >= 11 is 3.12. The van der Waals surface area contributed by atoms with E-state index < -0.39 is 0 Å². The van der Waals surface area contributed by atoms with Crippen LogP contribution < -0.4 is 9.47 Å². The molecule has 0 saturated heterocycles. The van der Waals surface area contributed by atoms with Crippen LogP contribution in [-0.4, -0.2) is 32.5 Å². The zero-order valence-corrected chi connectivity index (χ0v) is 15.2. The van der Waals surface area contributed by atoms with Gasteiger partial charge in [0, 0.05) is 5.25 Å². The fourth-order valence-corrected chi connectivity index (χ4v) is 5.04. The number of fused-ring (bicyclic) bond motifs is 2. The van der Waals surface area contributed by atoms with E-state index in [2.05, 4.69) is 21.9 Å². The summed E-state index contributed by atoms with van der Waals surface area (Å²) in [6.07, 6.45) is 11.8. The van der Waals surface area contributed by atoms with Crippen molar-refractivity contribution in [3.8, 4) is 11.8 Å². The number of hydrogen-bond donors (Lipinski definition) is 0. The average molecular weight is 343 g/mol. The minimum atomic E-state index is 0.0303. The zero-order valence-electron chi connectivity index (χ0n) is 13.5. The molecule has 0 amide bonds. The lowest BCUT2D eigenvalue weighted by molar-refractivity contribution is 0.0705. The summed E-state index contributed by atoms with van der Waals surface area (Å²) in [7, 11) is 0. The molecule has 1 heterocycles. The molecule has 0 aliphatic heterocycles. The minimum absolute atomic E-state index is 0.0303. The molecule has 1 aromatic rings. The molecule has 4 nitrogen and oxygen atoms in total. The third-order valence-corrected chi connectivity index (χ3v) is 6.68. The Morgan fingerprint density at radius 3 is 2.68 bits per heavy atom. The van der Waals surface area contributed by atoms with Crippen LogP contribution in [0.15, 0.2) is 0 Å². The van der Waals surface area contributed by atoms with Crippen molar-refractivity contribution < 1.29 is 9.47 Å². The molecule has 6 heteroatoms. The molecule has 2 aliphatic rings. The first-order chi connectivity index (χ1) is 10.7. The van der Waals surface area contributed by atoms with E-state index in [0.29, 0.717) is 23.6 Å². The Balaban J connectivity index is 1.52. The molecule has 2 aliphatic carbocycles. The van der Waals surface area contributed by atoms with Crippen molar-refractivity contribution in [1.82, 2.24) is 8.75 Å². The number of rotatable bonds is 9. The van der Waals surface area contributed by atoms with Crippen molar-refractivity contribution in [1.29, 1.82) is 0 Å². The van der Waals surface area contributed by atoms with Gasteiger partial charge < -0.3 is 9.47 Å². The maximum atomic E-state index is 6.26. The average Bonchev–Trinajstić information content (AvgIpc) is 3.23. The Labute approximate surface area is 141 Å². The Bertz CT molecular complexity index is 472. The molecule has 2 bridgehead atoms. The lowest BCUT2D eigenvalue weighted by Crippen LogP contribution is -2.30. The van der Waals surface area contributed by atoms with Gasteiger partial charge in [-0.2, -0.15) is 11.8 Å². The van der Waals surface area contributed by atoms with E-state index in [4.69, 9.17) is 9.47 Å². The van der Waals surface area contributed by atoms with E-state index in [-0.39, 0.29) is 5.60 Å². The van der Waals surface area contributed by atoms with Gasteiger partial charge >= 0.3 is 0 Å². The van der Waals surface area contributed by atoms with Crippen LogP contribution in [0.1, 0.15) is 58.3 Å². The van der Waals surface area contributed by atoms with Crippen LogP contribution >= 0.6 is 23.5 Å². The van der Waals surface area contributed by atoms with E-state index in [1.165, 1.54) is 56.7 Å². The van der Waals surface area contributed by atoms with Gasteiger partial charge in [-0.1, -0.05) is 13.3 Å². The van der Waals surface area contributed by atoms with Crippen LogP contribution in [0.4, 0.5) is 0 Å². The molecule has 2 fully saturated rings. The van der Waals surface area contributed by atoms with E-state index >= 15 is 0 Å². The molecule has 1 aromatic heterocycles. The van der Waals surface area contributed by atoms with Crippen molar-refractivity contribution >= 4 is 23.5 Å². The molecular weight excluding hydrogens is 316 g/mol. The van der Waals surface area contributed by atoms with E-state index in [9.17, 15) is 0 Å². The molecule has 1 unspecified atom stereocenters. The van der Waals surface area contributed by atoms with E-state index in [0.717, 1.165) is 12.3 Å². The topological polar surface area (TPSA) is 44.2 Å². The standard InChI is InChI=1S/C16H26N2O2S2/c1-3-4-13(21-2)7-10-19-14-15(18-22-17-14)20-16-8-5-12(11-16)6-9-16/h12-13H,3-11H2,1-2H3. The Morgan fingerprint density at radius 1 is 1.27 bits per heavy atom. The van der Waals surface area contributed by atoms with Crippen molar-refractivity contribution in [2.45, 2.75) is 69.1 Å². The van der Waals surface area contributed by atoms with Gasteiger partial charge in [0.15, 0.2) is 0 Å². The molecular formula is C16H26N2O2S2. The normalized spacial score (nSPS) is 28.0. The first-order valence-electron chi connectivity index (χ1n) is 8.42. The van der Waals surface area contributed by atoms with Crippen LogP contribution in [-0.2, 0) is 0 Å². The summed E-state index contributed by atoms with van der Waals surface area (Å²) in [4.78, 5) is 0. The van der Waals surface area contributed by atoms with Crippen LogP contribution in [0.25, 0.3) is 0 Å². The number of ether oxygens (including phenoxy) is 2. The summed E-state index contributed by atoms with van der Waals surface area (Å²) in [5.41, 5.74) is 0.0303. The van der Waals surface area contributed by atoms with E-state index in [1.807, 2.05) is 11.8 Å². The SMILES string of the molecule is CCCC(CCOc1nsnc1OC12CCC(CC1)C2)SC. The number of aromatic nitrogens is 2. The lowest BCUT2D eigenvalue weighted by Gasteiger charge is -2.26. The quantitative estimate of drug-likeness (QED) is 0.659. The van der Waals surface area contributed by atoms with E-state index in [1.54, 1.807) is 0 Å². The second-order valence-corrected chi connectivity index (χ2v) is 8.26. The lowest BCUT2D eigenvalue weighted by atomic mass is 9.97. The third kappa shape index (κ3) is 3.70. The number of hydrogen-bond acceptors (Lipinski definition) is 6. The molecule has 0 N–H and O–H groups in total. The van der Waals surface area contributed by atoms with Crippen LogP contribution in [0.5, 0.6) is 11.8 Å². The fourth-order valence-electron chi connectivity index (χ4n) is 3.80. The molecule has 1 atom stereocenters. The molecule has 2 saturated carbocycles. The van der Waals surface area contributed by atoms with Crippen molar-refractivity contribution in [2.24, 2.45) is 5.92 Å². The number of nitrogens with zero attached hydrogens (tertiary/aromatic N) is 2. The van der Waals surface area contributed by atoms with Gasteiger partial charge in [0.25, 0.3) is 11.8 Å². The van der Waals surface area contributed by atoms with Crippen LogP contribution in [0, 0.1) is 5.92 Å². The Morgan fingerprint density at radius 2 is 2.05 bits per heavy atom. The molecule has 0 aromatic carbocycles.